The molecule has 5 aromatic carbocycles. The van der Waals surface area contributed by atoms with E-state index in [1.165, 1.54) is 0 Å². The van der Waals surface area contributed by atoms with Gasteiger partial charge in [-0.3, -0.25) is 9.59 Å². The van der Waals surface area contributed by atoms with Gasteiger partial charge >= 0.3 is 5.97 Å². The van der Waals surface area contributed by atoms with E-state index >= 15 is 0 Å². The number of nitrogens with zero attached hydrogens (tertiary/aromatic N) is 4. The van der Waals surface area contributed by atoms with E-state index < -0.39 is 0 Å². The molecular weight excluding hydrogens is 640 g/mol. The molecule has 0 unspecified atom stereocenters. The van der Waals surface area contributed by atoms with E-state index in [9.17, 15) is 9.59 Å². The summed E-state index contributed by atoms with van der Waals surface area (Å²) in [5.41, 5.74) is 5.86. The molecule has 51 heavy (non-hydrogen) atoms. The lowest BCUT2D eigenvalue weighted by molar-refractivity contribution is -0.144. The maximum absolute atomic E-state index is 12.1. The van der Waals surface area contributed by atoms with E-state index in [4.69, 9.17) is 9.85 Å². The average Bonchev–Trinajstić information content (AvgIpc) is 3.13. The number of nitrogens with one attached hydrogen (secondary N) is 4. The molecule has 0 saturated heterocycles. The second-order valence-corrected chi connectivity index (χ2v) is 13.1. The van der Waals surface area contributed by atoms with Gasteiger partial charge in [-0.1, -0.05) is 48.5 Å². The summed E-state index contributed by atoms with van der Waals surface area (Å²) in [5, 5.41) is 35.4. The Kier molecular flexibility index (Phi) is 11.3. The number of ether oxygens (including phenoxy) is 1. The zero-order valence-electron chi connectivity index (χ0n) is 29.3. The van der Waals surface area contributed by atoms with Gasteiger partial charge in [-0.2, -0.15) is 5.11 Å². The van der Waals surface area contributed by atoms with Crippen molar-refractivity contribution < 1.29 is 14.3 Å². The van der Waals surface area contributed by atoms with Gasteiger partial charge in [0.15, 0.2) is 0 Å². The van der Waals surface area contributed by atoms with Crippen LogP contribution in [0, 0.1) is 0 Å². The molecular formula is C40H44N8O3. The lowest BCUT2D eigenvalue weighted by Gasteiger charge is -2.36. The van der Waals surface area contributed by atoms with Gasteiger partial charge < -0.3 is 26.0 Å². The minimum Gasteiger partial charge on any atom is -0.465 e. The number of anilines is 2. The maximum atomic E-state index is 12.1. The molecule has 11 nitrogen and oxygen atoms in total. The number of carbonyl (C=O) groups excluding carboxylic acids is 2. The van der Waals surface area contributed by atoms with E-state index in [2.05, 4.69) is 68.7 Å². The number of azo groups is 2. The predicted octanol–water partition coefficient (Wildman–Crippen LogP) is 9.38. The Morgan fingerprint density at radius 1 is 0.686 bits per heavy atom. The number of carbonyl (C=O) groups is 2. The number of amides is 1. The second kappa shape index (κ2) is 16.4. The van der Waals surface area contributed by atoms with Gasteiger partial charge in [-0.25, -0.2) is 0 Å². The fourth-order valence-electron chi connectivity index (χ4n) is 6.10. The molecule has 0 aromatic heterocycles. The first-order chi connectivity index (χ1) is 24.8. The number of hydrogen-bond donors (Lipinski definition) is 4. The molecule has 0 aliphatic carbocycles. The number of fused-ring (bicyclic) bond motifs is 1. The summed E-state index contributed by atoms with van der Waals surface area (Å²) >= 11 is 0. The molecule has 4 N–H and O–H groups in total. The van der Waals surface area contributed by atoms with Gasteiger partial charge in [0.2, 0.25) is 5.91 Å². The molecule has 0 saturated carbocycles. The first kappa shape index (κ1) is 35.2. The first-order valence-corrected chi connectivity index (χ1v) is 17.4. The van der Waals surface area contributed by atoms with Crippen molar-refractivity contribution in [3.63, 3.8) is 0 Å². The molecule has 0 bridgehead atoms. The van der Waals surface area contributed by atoms with E-state index in [0.29, 0.717) is 18.7 Å². The normalized spacial score (nSPS) is 13.4. The number of unbranched alkanes of at least 4 members (excludes halogenated alkanes) is 1. The first-order valence-electron chi connectivity index (χ1n) is 17.4. The molecule has 0 spiro atoms. The fraction of sp³-hybridized carbons (Fsp3) is 0.300. The lowest BCUT2D eigenvalue weighted by Crippen LogP contribution is -2.41. The van der Waals surface area contributed by atoms with Gasteiger partial charge in [-0.15, -0.1) is 15.3 Å². The summed E-state index contributed by atoms with van der Waals surface area (Å²) in [7, 11) is 1.90. The largest absolute Gasteiger partial charge is 0.465 e. The standard InChI is InChI=1S/C40H44N8O3/c1-40(2)43-35-12-8-11-31-34(19-20-36(44-40)39(31)35)48-47-33-18-17-32(29-9-4-5-10-30(29)33)46-45-28-15-13-27(14-16-28)23-26-51-38(50)22-21-37(49)42-25-7-6-24-41-3/h4-5,8-20,41,43-44H,6-7,21-26H2,1-3H3,(H,42,49). The van der Waals surface area contributed by atoms with Gasteiger partial charge in [0.05, 0.1) is 35.8 Å². The van der Waals surface area contributed by atoms with Crippen molar-refractivity contribution in [2.24, 2.45) is 20.5 Å². The number of hydrogen-bond acceptors (Lipinski definition) is 10. The molecule has 6 rings (SSSR count). The van der Waals surface area contributed by atoms with Gasteiger partial charge in [0.25, 0.3) is 0 Å². The maximum Gasteiger partial charge on any atom is 0.306 e. The highest BCUT2D eigenvalue weighted by Gasteiger charge is 2.25. The SMILES string of the molecule is CNCCCCNC(=O)CCC(=O)OCCc1ccc(N=Nc2ccc(N=Nc3ccc4c5c(cccc35)NC(C)(C)N4)c3ccccc23)cc1. The molecule has 11 heteroatoms. The van der Waals surface area contributed by atoms with Crippen LogP contribution in [0.3, 0.4) is 0 Å². The zero-order chi connectivity index (χ0) is 35.6. The quantitative estimate of drug-likeness (QED) is 0.0492. The Hall–Kier alpha value is -5.68. The lowest BCUT2D eigenvalue weighted by atomic mass is 10.00. The summed E-state index contributed by atoms with van der Waals surface area (Å²) in [6.45, 7) is 6.00. The van der Waals surface area contributed by atoms with E-state index in [1.54, 1.807) is 0 Å². The monoisotopic (exact) mass is 684 g/mol. The summed E-state index contributed by atoms with van der Waals surface area (Å²) in [4.78, 5) is 24.0. The van der Waals surface area contributed by atoms with Gasteiger partial charge in [0.1, 0.15) is 5.66 Å². The minimum atomic E-state index is -0.374. The van der Waals surface area contributed by atoms with Crippen LogP contribution in [-0.4, -0.2) is 44.3 Å². The molecule has 0 atom stereocenters. The van der Waals surface area contributed by atoms with Crippen LogP contribution >= 0.6 is 0 Å². The topological polar surface area (TPSA) is 141 Å². The molecule has 1 amide bonds. The fourth-order valence-corrected chi connectivity index (χ4v) is 6.10. The van der Waals surface area contributed by atoms with Crippen molar-refractivity contribution in [2.75, 3.05) is 37.4 Å². The second-order valence-electron chi connectivity index (χ2n) is 13.1. The van der Waals surface area contributed by atoms with Crippen molar-refractivity contribution >= 4 is 67.5 Å². The molecule has 5 aromatic rings. The van der Waals surface area contributed by atoms with Crippen LogP contribution in [0.2, 0.25) is 0 Å². The number of esters is 1. The van der Waals surface area contributed by atoms with E-state index in [0.717, 1.165) is 74.9 Å². The Balaban J connectivity index is 1.05. The zero-order valence-corrected chi connectivity index (χ0v) is 29.3. The molecule has 1 heterocycles. The smallest absolute Gasteiger partial charge is 0.306 e. The predicted molar refractivity (Wildman–Crippen MR) is 204 cm³/mol. The Bertz CT molecular complexity index is 2060. The third-order valence-corrected chi connectivity index (χ3v) is 8.65. The number of benzene rings is 5. The summed E-state index contributed by atoms with van der Waals surface area (Å²) in [5.74, 6) is -0.503. The third-order valence-electron chi connectivity index (χ3n) is 8.65. The minimum absolute atomic E-state index is 0.0699. The molecule has 1 aliphatic heterocycles. The van der Waals surface area contributed by atoms with Crippen LogP contribution in [0.4, 0.5) is 34.1 Å². The highest BCUT2D eigenvalue weighted by Crippen LogP contribution is 2.42. The summed E-state index contributed by atoms with van der Waals surface area (Å²) < 4.78 is 5.34. The summed E-state index contributed by atoms with van der Waals surface area (Å²) in [6, 6.07) is 29.7. The summed E-state index contributed by atoms with van der Waals surface area (Å²) in [6.07, 6.45) is 2.66. The number of rotatable bonds is 15. The molecule has 0 radical (unpaired) electrons. The Labute approximate surface area is 298 Å². The van der Waals surface area contributed by atoms with Crippen molar-refractivity contribution in [1.82, 2.24) is 10.6 Å². The van der Waals surface area contributed by atoms with Crippen molar-refractivity contribution in [3.05, 3.63) is 96.6 Å². The Morgan fingerprint density at radius 2 is 1.29 bits per heavy atom. The Morgan fingerprint density at radius 3 is 2.00 bits per heavy atom. The van der Waals surface area contributed by atoms with Crippen molar-refractivity contribution in [3.8, 4) is 0 Å². The average molecular weight is 685 g/mol. The van der Waals surface area contributed by atoms with Crippen LogP contribution in [0.1, 0.15) is 45.1 Å². The van der Waals surface area contributed by atoms with Crippen molar-refractivity contribution in [2.45, 2.75) is 51.6 Å². The van der Waals surface area contributed by atoms with Gasteiger partial charge in [-0.05, 0) is 88.3 Å². The van der Waals surface area contributed by atoms with E-state index in [1.807, 2.05) is 79.8 Å². The molecule has 0 fully saturated rings. The van der Waals surface area contributed by atoms with Crippen LogP contribution < -0.4 is 21.3 Å². The van der Waals surface area contributed by atoms with Crippen LogP contribution in [0.15, 0.2) is 111 Å². The van der Waals surface area contributed by atoms with Crippen molar-refractivity contribution in [1.29, 1.82) is 0 Å². The van der Waals surface area contributed by atoms with Gasteiger partial charge in [0, 0.05) is 52.3 Å². The van der Waals surface area contributed by atoms with E-state index in [-0.39, 0.29) is 37.0 Å². The highest BCUT2D eigenvalue weighted by molar-refractivity contribution is 6.09. The third kappa shape index (κ3) is 9.11. The van der Waals surface area contributed by atoms with Crippen LogP contribution in [0.5, 0.6) is 0 Å². The molecule has 1 aliphatic rings. The van der Waals surface area contributed by atoms with Crippen LogP contribution in [-0.2, 0) is 20.7 Å². The molecule has 262 valence electrons. The highest BCUT2D eigenvalue weighted by atomic mass is 16.5. The van der Waals surface area contributed by atoms with Crippen LogP contribution in [0.25, 0.3) is 21.5 Å².